The fourth-order valence-electron chi connectivity index (χ4n) is 2.36. The second-order valence-corrected chi connectivity index (χ2v) is 8.82. The predicted octanol–water partition coefficient (Wildman–Crippen LogP) is 3.91. The Bertz CT molecular complexity index is 1050. The molecule has 1 N–H and O–H groups in total. The van der Waals surface area contributed by atoms with E-state index in [2.05, 4.69) is 15.5 Å². The first-order valence-electron chi connectivity index (χ1n) is 7.82. The fraction of sp³-hybridized carbons (Fsp3) is 0.176. The van der Waals surface area contributed by atoms with Crippen molar-refractivity contribution in [1.82, 2.24) is 14.4 Å². The first-order chi connectivity index (χ1) is 12.8. The molecule has 142 valence electrons. The molecule has 10 heteroatoms. The second kappa shape index (κ2) is 7.85. The SMILES string of the molecule is CN(C)S(=O)(=O)c1ccccc1CNc1nc(-c2cc(Cl)cc(Cl)c2)no1. The van der Waals surface area contributed by atoms with E-state index in [9.17, 15) is 8.42 Å². The van der Waals surface area contributed by atoms with Crippen LogP contribution in [0.15, 0.2) is 51.9 Å². The average molecular weight is 427 g/mol. The minimum atomic E-state index is -3.56. The highest BCUT2D eigenvalue weighted by Crippen LogP contribution is 2.26. The van der Waals surface area contributed by atoms with E-state index in [4.69, 9.17) is 27.7 Å². The Labute approximate surface area is 167 Å². The third-order valence-corrected chi connectivity index (χ3v) is 6.06. The van der Waals surface area contributed by atoms with Crippen molar-refractivity contribution in [2.75, 3.05) is 19.4 Å². The molecule has 0 atom stereocenters. The van der Waals surface area contributed by atoms with Crippen LogP contribution in [-0.2, 0) is 16.6 Å². The van der Waals surface area contributed by atoms with Crippen LogP contribution in [-0.4, -0.2) is 37.0 Å². The van der Waals surface area contributed by atoms with E-state index >= 15 is 0 Å². The minimum Gasteiger partial charge on any atom is -0.334 e. The van der Waals surface area contributed by atoms with E-state index in [1.54, 1.807) is 42.5 Å². The fourth-order valence-corrected chi connectivity index (χ4v) is 4.01. The normalized spacial score (nSPS) is 11.7. The molecule has 0 aliphatic rings. The Balaban J connectivity index is 1.80. The minimum absolute atomic E-state index is 0.151. The van der Waals surface area contributed by atoms with Crippen LogP contribution in [0, 0.1) is 0 Å². The first kappa shape index (κ1) is 19.6. The lowest BCUT2D eigenvalue weighted by molar-refractivity contribution is 0.431. The predicted molar refractivity (Wildman–Crippen MR) is 104 cm³/mol. The molecular weight excluding hydrogens is 411 g/mol. The Kier molecular flexibility index (Phi) is 5.71. The molecule has 0 spiro atoms. The molecule has 1 heterocycles. The average Bonchev–Trinajstić information content (AvgIpc) is 3.08. The molecule has 3 rings (SSSR count). The van der Waals surface area contributed by atoms with Crippen LogP contribution in [0.1, 0.15) is 5.56 Å². The van der Waals surface area contributed by atoms with Crippen molar-refractivity contribution in [3.05, 3.63) is 58.1 Å². The van der Waals surface area contributed by atoms with Crippen LogP contribution >= 0.6 is 23.2 Å². The van der Waals surface area contributed by atoms with Crippen molar-refractivity contribution in [2.45, 2.75) is 11.4 Å². The van der Waals surface area contributed by atoms with Crippen LogP contribution in [0.2, 0.25) is 10.0 Å². The quantitative estimate of drug-likeness (QED) is 0.642. The number of sulfonamides is 1. The molecule has 0 fully saturated rings. The summed E-state index contributed by atoms with van der Waals surface area (Å²) in [4.78, 5) is 4.45. The summed E-state index contributed by atoms with van der Waals surface area (Å²) in [5, 5.41) is 7.75. The summed E-state index contributed by atoms with van der Waals surface area (Å²) in [5.41, 5.74) is 1.19. The van der Waals surface area contributed by atoms with Gasteiger partial charge in [-0.05, 0) is 29.8 Å². The van der Waals surface area contributed by atoms with E-state index in [0.29, 0.717) is 27.0 Å². The zero-order chi connectivity index (χ0) is 19.6. The summed E-state index contributed by atoms with van der Waals surface area (Å²) in [7, 11) is -0.590. The Morgan fingerprint density at radius 2 is 1.78 bits per heavy atom. The topological polar surface area (TPSA) is 88.3 Å². The largest absolute Gasteiger partial charge is 0.334 e. The van der Waals surface area contributed by atoms with Gasteiger partial charge in [0.15, 0.2) is 0 Å². The smallest absolute Gasteiger partial charge is 0.322 e. The van der Waals surface area contributed by atoms with E-state index in [0.717, 1.165) is 0 Å². The lowest BCUT2D eigenvalue weighted by Crippen LogP contribution is -2.23. The van der Waals surface area contributed by atoms with Crippen LogP contribution in [0.5, 0.6) is 0 Å². The summed E-state index contributed by atoms with van der Waals surface area (Å²) in [6.07, 6.45) is 0. The Morgan fingerprint density at radius 1 is 1.11 bits per heavy atom. The third-order valence-electron chi connectivity index (χ3n) is 3.71. The maximum absolute atomic E-state index is 12.4. The summed E-state index contributed by atoms with van der Waals surface area (Å²) in [6.45, 7) is 0.196. The van der Waals surface area contributed by atoms with Crippen LogP contribution in [0.25, 0.3) is 11.4 Å². The molecule has 0 aliphatic carbocycles. The Morgan fingerprint density at radius 3 is 2.44 bits per heavy atom. The summed E-state index contributed by atoms with van der Waals surface area (Å²) in [5.74, 6) is 0.316. The molecule has 27 heavy (non-hydrogen) atoms. The second-order valence-electron chi connectivity index (χ2n) is 5.83. The molecular formula is C17H16Cl2N4O3S. The molecule has 0 saturated heterocycles. The van der Waals surface area contributed by atoms with Crippen molar-refractivity contribution >= 4 is 39.2 Å². The van der Waals surface area contributed by atoms with Crippen molar-refractivity contribution in [2.24, 2.45) is 0 Å². The van der Waals surface area contributed by atoms with Crippen molar-refractivity contribution in [3.8, 4) is 11.4 Å². The maximum Gasteiger partial charge on any atom is 0.322 e. The molecule has 0 bridgehead atoms. The van der Waals surface area contributed by atoms with Gasteiger partial charge in [0.2, 0.25) is 15.8 Å². The zero-order valence-electron chi connectivity index (χ0n) is 14.5. The van der Waals surface area contributed by atoms with Crippen LogP contribution in [0.3, 0.4) is 0 Å². The van der Waals surface area contributed by atoms with Gasteiger partial charge in [-0.1, -0.05) is 46.6 Å². The monoisotopic (exact) mass is 426 g/mol. The van der Waals surface area contributed by atoms with Crippen molar-refractivity contribution in [1.29, 1.82) is 0 Å². The number of hydrogen-bond acceptors (Lipinski definition) is 6. The van der Waals surface area contributed by atoms with Gasteiger partial charge in [-0.3, -0.25) is 0 Å². The number of rotatable bonds is 6. The first-order valence-corrected chi connectivity index (χ1v) is 10.0. The number of nitrogens with zero attached hydrogens (tertiary/aromatic N) is 3. The summed E-state index contributed by atoms with van der Waals surface area (Å²) >= 11 is 12.0. The lowest BCUT2D eigenvalue weighted by atomic mass is 10.2. The van der Waals surface area contributed by atoms with Gasteiger partial charge in [0, 0.05) is 36.2 Å². The highest BCUT2D eigenvalue weighted by molar-refractivity contribution is 7.89. The molecule has 0 radical (unpaired) electrons. The van der Waals surface area contributed by atoms with Gasteiger partial charge in [-0.25, -0.2) is 12.7 Å². The van der Waals surface area contributed by atoms with Crippen molar-refractivity contribution < 1.29 is 12.9 Å². The Hall–Kier alpha value is -2.13. The molecule has 2 aromatic carbocycles. The van der Waals surface area contributed by atoms with Gasteiger partial charge in [0.05, 0.1) is 4.90 Å². The number of nitrogens with one attached hydrogen (secondary N) is 1. The lowest BCUT2D eigenvalue weighted by Gasteiger charge is -2.14. The van der Waals surface area contributed by atoms with Gasteiger partial charge >= 0.3 is 6.01 Å². The summed E-state index contributed by atoms with van der Waals surface area (Å²) < 4.78 is 31.2. The number of halogens is 2. The molecule has 7 nitrogen and oxygen atoms in total. The van der Waals surface area contributed by atoms with E-state index in [1.165, 1.54) is 18.4 Å². The van der Waals surface area contributed by atoms with E-state index in [-0.39, 0.29) is 17.5 Å². The number of aromatic nitrogens is 2. The number of hydrogen-bond donors (Lipinski definition) is 1. The number of benzene rings is 2. The van der Waals surface area contributed by atoms with E-state index in [1.807, 2.05) is 0 Å². The van der Waals surface area contributed by atoms with Gasteiger partial charge < -0.3 is 9.84 Å². The standard InChI is InChI=1S/C17H16Cl2N4O3S/c1-23(2)27(24,25)15-6-4-3-5-11(15)10-20-17-21-16(22-26-17)12-7-13(18)9-14(19)8-12/h3-9H,10H2,1-2H3,(H,20,21,22). The molecule has 1 aromatic heterocycles. The van der Waals surface area contributed by atoms with Gasteiger partial charge in [-0.2, -0.15) is 4.98 Å². The van der Waals surface area contributed by atoms with Gasteiger partial charge in [0.25, 0.3) is 0 Å². The zero-order valence-corrected chi connectivity index (χ0v) is 16.8. The van der Waals surface area contributed by atoms with Crippen LogP contribution in [0.4, 0.5) is 6.01 Å². The highest BCUT2D eigenvalue weighted by Gasteiger charge is 2.21. The maximum atomic E-state index is 12.4. The van der Waals surface area contributed by atoms with Gasteiger partial charge in [0.1, 0.15) is 0 Å². The molecule has 0 saturated carbocycles. The summed E-state index contributed by atoms with van der Waals surface area (Å²) in [6, 6.07) is 11.8. The van der Waals surface area contributed by atoms with E-state index < -0.39 is 10.0 Å². The van der Waals surface area contributed by atoms with Crippen LogP contribution < -0.4 is 5.32 Å². The van der Waals surface area contributed by atoms with Gasteiger partial charge in [-0.15, -0.1) is 0 Å². The third kappa shape index (κ3) is 4.41. The molecule has 0 amide bonds. The van der Waals surface area contributed by atoms with Crippen molar-refractivity contribution in [3.63, 3.8) is 0 Å². The highest BCUT2D eigenvalue weighted by atomic mass is 35.5. The molecule has 0 unspecified atom stereocenters. The number of anilines is 1. The molecule has 0 aliphatic heterocycles. The molecule has 3 aromatic rings.